The van der Waals surface area contributed by atoms with Crippen LogP contribution in [0.1, 0.15) is 37.4 Å². The van der Waals surface area contributed by atoms with Crippen LogP contribution in [0.15, 0.2) is 35.3 Å². The predicted octanol–water partition coefficient (Wildman–Crippen LogP) is 2.25. The number of fused-ring (bicyclic) bond motifs is 2. The van der Waals surface area contributed by atoms with E-state index in [0.29, 0.717) is 24.2 Å². The van der Waals surface area contributed by atoms with Gasteiger partial charge in [-0.15, -0.1) is 0 Å². The minimum Gasteiger partial charge on any atom is -0.373 e. The van der Waals surface area contributed by atoms with Crippen LogP contribution in [0.2, 0.25) is 0 Å². The number of hydrogen-bond donors (Lipinski definition) is 2. The molecule has 0 amide bonds. The van der Waals surface area contributed by atoms with Gasteiger partial charge in [-0.3, -0.25) is 4.99 Å². The lowest BCUT2D eigenvalue weighted by molar-refractivity contribution is 0.0913. The quantitative estimate of drug-likeness (QED) is 0.657. The fourth-order valence-corrected chi connectivity index (χ4v) is 4.24. The fourth-order valence-electron chi connectivity index (χ4n) is 4.24. The number of guanidine groups is 1. The monoisotopic (exact) mass is 329 g/mol. The molecule has 0 saturated carbocycles. The molecule has 5 atom stereocenters. The Balaban J connectivity index is 1.31. The summed E-state index contributed by atoms with van der Waals surface area (Å²) >= 11 is 0. The van der Waals surface area contributed by atoms with Crippen molar-refractivity contribution in [3.63, 3.8) is 0 Å². The fraction of sp³-hybridized carbons (Fsp3) is 0.632. The van der Waals surface area contributed by atoms with Gasteiger partial charge in [0.25, 0.3) is 0 Å². The number of hydrogen-bond acceptors (Lipinski definition) is 3. The van der Waals surface area contributed by atoms with Crippen molar-refractivity contribution >= 4 is 5.96 Å². The molecule has 0 aromatic heterocycles. The molecule has 1 aromatic rings. The average molecular weight is 329 g/mol. The molecule has 0 spiro atoms. The third kappa shape index (κ3) is 3.28. The van der Waals surface area contributed by atoms with E-state index in [1.165, 1.54) is 18.4 Å². The van der Waals surface area contributed by atoms with Gasteiger partial charge in [-0.1, -0.05) is 30.3 Å². The van der Waals surface area contributed by atoms with Crippen LogP contribution in [0.5, 0.6) is 0 Å². The highest BCUT2D eigenvalue weighted by atomic mass is 16.5. The summed E-state index contributed by atoms with van der Waals surface area (Å²) < 4.78 is 11.9. The second-order valence-electron chi connectivity index (χ2n) is 7.06. The van der Waals surface area contributed by atoms with Crippen LogP contribution in [-0.4, -0.2) is 44.4 Å². The van der Waals surface area contributed by atoms with E-state index in [4.69, 9.17) is 9.47 Å². The molecule has 5 nitrogen and oxygen atoms in total. The van der Waals surface area contributed by atoms with Crippen LogP contribution in [0.4, 0.5) is 0 Å². The molecular weight excluding hydrogens is 302 g/mol. The zero-order chi connectivity index (χ0) is 16.4. The van der Waals surface area contributed by atoms with Crippen molar-refractivity contribution in [1.29, 1.82) is 0 Å². The third-order valence-corrected chi connectivity index (χ3v) is 5.53. The molecule has 4 rings (SSSR count). The largest absolute Gasteiger partial charge is 0.373 e. The van der Waals surface area contributed by atoms with Crippen molar-refractivity contribution in [1.82, 2.24) is 10.6 Å². The summed E-state index contributed by atoms with van der Waals surface area (Å²) in [5, 5.41) is 7.05. The molecule has 5 unspecified atom stereocenters. The summed E-state index contributed by atoms with van der Waals surface area (Å²) in [5.41, 5.74) is 1.27. The van der Waals surface area contributed by atoms with Gasteiger partial charge in [0, 0.05) is 26.1 Å². The predicted molar refractivity (Wildman–Crippen MR) is 94.0 cm³/mol. The van der Waals surface area contributed by atoms with Gasteiger partial charge < -0.3 is 20.1 Å². The Morgan fingerprint density at radius 1 is 1.21 bits per heavy atom. The van der Waals surface area contributed by atoms with E-state index in [2.05, 4.69) is 46.0 Å². The van der Waals surface area contributed by atoms with Crippen molar-refractivity contribution in [2.45, 2.75) is 50.0 Å². The van der Waals surface area contributed by atoms with Crippen molar-refractivity contribution in [3.05, 3.63) is 35.9 Å². The van der Waals surface area contributed by atoms with Crippen LogP contribution in [0.25, 0.3) is 0 Å². The molecule has 3 saturated heterocycles. The van der Waals surface area contributed by atoms with E-state index in [0.717, 1.165) is 32.0 Å². The number of nitrogens with zero attached hydrogens (tertiary/aromatic N) is 1. The number of benzene rings is 1. The maximum absolute atomic E-state index is 5.97. The molecule has 2 bridgehead atoms. The molecule has 3 heterocycles. The summed E-state index contributed by atoms with van der Waals surface area (Å²) in [7, 11) is 1.84. The zero-order valence-electron chi connectivity index (χ0n) is 14.3. The Hall–Kier alpha value is -1.59. The van der Waals surface area contributed by atoms with Crippen molar-refractivity contribution < 1.29 is 9.47 Å². The first-order valence-corrected chi connectivity index (χ1v) is 9.12. The molecular formula is C19H27N3O2. The van der Waals surface area contributed by atoms with Gasteiger partial charge in [0.2, 0.25) is 0 Å². The summed E-state index contributed by atoms with van der Waals surface area (Å²) in [6.45, 7) is 1.71. The van der Waals surface area contributed by atoms with E-state index in [1.54, 1.807) is 0 Å². The Kier molecular flexibility index (Phi) is 4.72. The highest BCUT2D eigenvalue weighted by Gasteiger charge is 2.41. The summed E-state index contributed by atoms with van der Waals surface area (Å²) in [4.78, 5) is 4.39. The van der Waals surface area contributed by atoms with Crippen molar-refractivity contribution in [2.24, 2.45) is 10.9 Å². The molecule has 3 aliphatic heterocycles. The molecule has 0 aliphatic carbocycles. The van der Waals surface area contributed by atoms with Crippen molar-refractivity contribution in [3.8, 4) is 0 Å². The van der Waals surface area contributed by atoms with Crippen molar-refractivity contribution in [2.75, 3.05) is 20.2 Å². The molecule has 3 aliphatic rings. The van der Waals surface area contributed by atoms with E-state index in [9.17, 15) is 0 Å². The Labute approximate surface area is 143 Å². The van der Waals surface area contributed by atoms with Crippen LogP contribution in [0.3, 0.4) is 0 Å². The van der Waals surface area contributed by atoms with Gasteiger partial charge >= 0.3 is 0 Å². The summed E-state index contributed by atoms with van der Waals surface area (Å²) in [6, 6.07) is 10.9. The molecule has 5 heteroatoms. The molecule has 130 valence electrons. The van der Waals surface area contributed by atoms with E-state index in [1.807, 2.05) is 7.05 Å². The van der Waals surface area contributed by atoms with Crippen LogP contribution in [-0.2, 0) is 9.47 Å². The van der Waals surface area contributed by atoms with E-state index in [-0.39, 0.29) is 6.10 Å². The number of aliphatic imine (C=N–C) groups is 1. The van der Waals surface area contributed by atoms with Gasteiger partial charge in [0.1, 0.15) is 0 Å². The minimum absolute atomic E-state index is 0.183. The lowest BCUT2D eigenvalue weighted by Gasteiger charge is -2.24. The summed E-state index contributed by atoms with van der Waals surface area (Å²) in [6.07, 6.45) is 5.57. The number of rotatable bonds is 4. The number of ether oxygens (including phenoxy) is 2. The second kappa shape index (κ2) is 7.11. The Morgan fingerprint density at radius 2 is 2.08 bits per heavy atom. The first kappa shape index (κ1) is 15.9. The Morgan fingerprint density at radius 3 is 2.79 bits per heavy atom. The highest BCUT2D eigenvalue weighted by Crippen LogP contribution is 2.35. The smallest absolute Gasteiger partial charge is 0.191 e. The van der Waals surface area contributed by atoms with E-state index >= 15 is 0 Å². The average Bonchev–Trinajstić information content (AvgIpc) is 3.35. The molecule has 0 radical (unpaired) electrons. The van der Waals surface area contributed by atoms with Crippen LogP contribution in [0, 0.1) is 5.92 Å². The molecule has 2 N–H and O–H groups in total. The second-order valence-corrected chi connectivity index (χ2v) is 7.06. The third-order valence-electron chi connectivity index (χ3n) is 5.53. The lowest BCUT2D eigenvalue weighted by Crippen LogP contribution is -2.48. The maximum atomic E-state index is 5.97. The molecule has 24 heavy (non-hydrogen) atoms. The summed E-state index contributed by atoms with van der Waals surface area (Å²) in [5.74, 6) is 1.36. The van der Waals surface area contributed by atoms with E-state index < -0.39 is 0 Å². The van der Waals surface area contributed by atoms with Gasteiger partial charge in [-0.25, -0.2) is 0 Å². The van der Waals surface area contributed by atoms with Crippen LogP contribution < -0.4 is 10.6 Å². The topological polar surface area (TPSA) is 54.9 Å². The molecule has 1 aromatic carbocycles. The first-order chi connectivity index (χ1) is 11.8. The van der Waals surface area contributed by atoms with Gasteiger partial charge in [0.15, 0.2) is 5.96 Å². The lowest BCUT2D eigenvalue weighted by atomic mass is 9.95. The highest BCUT2D eigenvalue weighted by molar-refractivity contribution is 5.80. The number of nitrogens with one attached hydrogen (secondary N) is 2. The van der Waals surface area contributed by atoms with Gasteiger partial charge in [-0.2, -0.15) is 0 Å². The SMILES string of the molecule is CN=C(NCC1CCOC1c1ccccc1)NC1CC2CCC1O2. The van der Waals surface area contributed by atoms with Gasteiger partial charge in [0.05, 0.1) is 24.4 Å². The minimum atomic E-state index is 0.183. The standard InChI is InChI=1S/C19H27N3O2/c1-20-19(22-16-11-15-7-8-17(16)24-15)21-12-14-9-10-23-18(14)13-5-3-2-4-6-13/h2-6,14-18H,7-12H2,1H3,(H2,20,21,22). The maximum Gasteiger partial charge on any atom is 0.191 e. The first-order valence-electron chi connectivity index (χ1n) is 9.12. The Bertz CT molecular complexity index is 577. The zero-order valence-corrected chi connectivity index (χ0v) is 14.3. The van der Waals surface area contributed by atoms with Gasteiger partial charge in [-0.05, 0) is 31.2 Å². The normalized spacial score (nSPS) is 35.4. The molecule has 3 fully saturated rings. The van der Waals surface area contributed by atoms with Crippen LogP contribution >= 0.6 is 0 Å².